The molecule has 1 amide bonds. The summed E-state index contributed by atoms with van der Waals surface area (Å²) in [5.74, 6) is -2.09. The zero-order valence-corrected chi connectivity index (χ0v) is 12.9. The van der Waals surface area contributed by atoms with Gasteiger partial charge in [0.2, 0.25) is 5.91 Å². The summed E-state index contributed by atoms with van der Waals surface area (Å²) < 4.78 is 41.1. The van der Waals surface area contributed by atoms with Gasteiger partial charge in [0.25, 0.3) is 0 Å². The van der Waals surface area contributed by atoms with Crippen LogP contribution in [-0.4, -0.2) is 41.3 Å². The van der Waals surface area contributed by atoms with E-state index in [1.54, 1.807) is 6.07 Å². The van der Waals surface area contributed by atoms with Crippen molar-refractivity contribution in [2.45, 2.75) is 32.0 Å². The first kappa shape index (κ1) is 18.1. The first-order chi connectivity index (χ1) is 11.3. The molecule has 1 atom stereocenters. The average Bonchev–Trinajstić information content (AvgIpc) is 2.52. The molecule has 1 N–H and O–H groups in total. The molecule has 5 nitrogen and oxygen atoms in total. The van der Waals surface area contributed by atoms with Crippen LogP contribution in [0.3, 0.4) is 0 Å². The Kier molecular flexibility index (Phi) is 5.69. The van der Waals surface area contributed by atoms with E-state index in [4.69, 9.17) is 5.11 Å². The number of hydrogen-bond donors (Lipinski definition) is 1. The number of halogens is 3. The van der Waals surface area contributed by atoms with E-state index in [1.165, 1.54) is 23.1 Å². The largest absolute Gasteiger partial charge is 0.573 e. The van der Waals surface area contributed by atoms with Crippen molar-refractivity contribution in [3.8, 4) is 5.75 Å². The Morgan fingerprint density at radius 1 is 1.29 bits per heavy atom. The van der Waals surface area contributed by atoms with Crippen molar-refractivity contribution in [1.29, 1.82) is 0 Å². The highest BCUT2D eigenvalue weighted by Gasteiger charge is 2.32. The van der Waals surface area contributed by atoms with Crippen molar-refractivity contribution in [3.05, 3.63) is 29.8 Å². The van der Waals surface area contributed by atoms with Crippen LogP contribution in [0.25, 0.3) is 0 Å². The van der Waals surface area contributed by atoms with Crippen LogP contribution >= 0.6 is 0 Å². The number of carbonyl (C=O) groups excluding carboxylic acids is 1. The minimum Gasteiger partial charge on any atom is -0.481 e. The van der Waals surface area contributed by atoms with Crippen molar-refractivity contribution in [1.82, 2.24) is 4.90 Å². The number of hydrogen-bond acceptors (Lipinski definition) is 3. The fourth-order valence-corrected chi connectivity index (χ4v) is 2.74. The Labute approximate surface area is 137 Å². The summed E-state index contributed by atoms with van der Waals surface area (Å²) in [7, 11) is 0. The Balaban J connectivity index is 1.96. The second-order valence-electron chi connectivity index (χ2n) is 5.67. The monoisotopic (exact) mass is 345 g/mol. The van der Waals surface area contributed by atoms with Gasteiger partial charge in [0.15, 0.2) is 0 Å². The maximum atomic E-state index is 12.4. The molecule has 1 fully saturated rings. The number of nitrogens with zero attached hydrogens (tertiary/aromatic N) is 1. The maximum Gasteiger partial charge on any atom is 0.573 e. The smallest absolute Gasteiger partial charge is 0.481 e. The zero-order valence-electron chi connectivity index (χ0n) is 12.9. The SMILES string of the molecule is O=C(O)[C@@H]1CCCN(C(=O)CCc2ccccc2OC(F)(F)F)C1. The van der Waals surface area contributed by atoms with Crippen molar-refractivity contribution in [2.24, 2.45) is 5.92 Å². The lowest BCUT2D eigenvalue weighted by Crippen LogP contribution is -2.42. The number of para-hydroxylation sites is 1. The first-order valence-corrected chi connectivity index (χ1v) is 7.60. The number of ether oxygens (including phenoxy) is 1. The number of amides is 1. The number of carboxylic acid groups (broad SMARTS) is 1. The van der Waals surface area contributed by atoms with Crippen LogP contribution in [-0.2, 0) is 16.0 Å². The number of aliphatic carboxylic acids is 1. The highest BCUT2D eigenvalue weighted by Crippen LogP contribution is 2.27. The van der Waals surface area contributed by atoms with Crippen LogP contribution in [0.5, 0.6) is 5.75 Å². The molecule has 1 aromatic rings. The lowest BCUT2D eigenvalue weighted by molar-refractivity contribution is -0.274. The summed E-state index contributed by atoms with van der Waals surface area (Å²) in [6.45, 7) is 0.623. The van der Waals surface area contributed by atoms with Gasteiger partial charge < -0.3 is 14.7 Å². The number of carboxylic acids is 1. The van der Waals surface area contributed by atoms with E-state index >= 15 is 0 Å². The Bertz CT molecular complexity index is 603. The van der Waals surface area contributed by atoms with Crippen LogP contribution in [0.4, 0.5) is 13.2 Å². The van der Waals surface area contributed by atoms with Crippen LogP contribution in [0.2, 0.25) is 0 Å². The zero-order chi connectivity index (χ0) is 17.7. The number of benzene rings is 1. The molecule has 0 spiro atoms. The quantitative estimate of drug-likeness (QED) is 0.891. The van der Waals surface area contributed by atoms with E-state index in [1.807, 2.05) is 0 Å². The van der Waals surface area contributed by atoms with Gasteiger partial charge in [0.1, 0.15) is 5.75 Å². The van der Waals surface area contributed by atoms with Gasteiger partial charge in [-0.1, -0.05) is 18.2 Å². The Morgan fingerprint density at radius 2 is 2.00 bits per heavy atom. The maximum absolute atomic E-state index is 12.4. The van der Waals surface area contributed by atoms with Gasteiger partial charge in [-0.3, -0.25) is 9.59 Å². The third-order valence-corrected chi connectivity index (χ3v) is 3.93. The number of carbonyl (C=O) groups is 2. The Hall–Kier alpha value is -2.25. The average molecular weight is 345 g/mol. The standard InChI is InChI=1S/C16H18F3NO4/c17-16(18,19)24-13-6-2-1-4-11(13)7-8-14(21)20-9-3-5-12(10-20)15(22)23/h1-2,4,6,12H,3,5,7-10H2,(H,22,23)/t12-/m1/s1. The third kappa shape index (κ3) is 5.14. The van der Waals surface area contributed by atoms with Crippen molar-refractivity contribution < 1.29 is 32.6 Å². The number of alkyl halides is 3. The molecule has 1 aliphatic heterocycles. The van der Waals surface area contributed by atoms with Crippen LogP contribution in [0, 0.1) is 5.92 Å². The van der Waals surface area contributed by atoms with Gasteiger partial charge in [-0.05, 0) is 30.9 Å². The predicted molar refractivity (Wildman–Crippen MR) is 78.4 cm³/mol. The molecule has 0 aliphatic carbocycles. The minimum absolute atomic E-state index is 0.00453. The number of piperidine rings is 1. The second-order valence-corrected chi connectivity index (χ2v) is 5.67. The van der Waals surface area contributed by atoms with Gasteiger partial charge in [-0.15, -0.1) is 13.2 Å². The van der Waals surface area contributed by atoms with Crippen molar-refractivity contribution in [3.63, 3.8) is 0 Å². The van der Waals surface area contributed by atoms with E-state index in [0.717, 1.165) is 0 Å². The van der Waals surface area contributed by atoms with E-state index in [2.05, 4.69) is 4.74 Å². The molecule has 0 saturated carbocycles. The molecule has 24 heavy (non-hydrogen) atoms. The molecule has 0 aromatic heterocycles. The summed E-state index contributed by atoms with van der Waals surface area (Å²) in [6, 6.07) is 5.68. The lowest BCUT2D eigenvalue weighted by atomic mass is 9.97. The minimum atomic E-state index is -4.79. The van der Waals surface area contributed by atoms with Crippen molar-refractivity contribution >= 4 is 11.9 Å². The van der Waals surface area contributed by atoms with Gasteiger partial charge in [0, 0.05) is 19.5 Å². The molecule has 8 heteroatoms. The molecule has 132 valence electrons. The summed E-state index contributed by atoms with van der Waals surface area (Å²) >= 11 is 0. The molecular weight excluding hydrogens is 327 g/mol. The van der Waals surface area contributed by atoms with Crippen molar-refractivity contribution in [2.75, 3.05) is 13.1 Å². The number of likely N-dealkylation sites (tertiary alicyclic amines) is 1. The number of rotatable bonds is 5. The van der Waals surface area contributed by atoms with Crippen LogP contribution in [0.1, 0.15) is 24.8 Å². The molecule has 1 heterocycles. The van der Waals surface area contributed by atoms with Gasteiger partial charge in [0.05, 0.1) is 5.92 Å². The summed E-state index contributed by atoms with van der Waals surface area (Å²) in [5.41, 5.74) is 0.287. The Morgan fingerprint density at radius 3 is 2.67 bits per heavy atom. The molecule has 1 aliphatic rings. The highest BCUT2D eigenvalue weighted by atomic mass is 19.4. The summed E-state index contributed by atoms with van der Waals surface area (Å²) in [6.07, 6.45) is -3.55. The van der Waals surface area contributed by atoms with Gasteiger partial charge >= 0.3 is 12.3 Å². The molecule has 0 radical (unpaired) electrons. The molecule has 0 unspecified atom stereocenters. The van der Waals surface area contributed by atoms with E-state index in [9.17, 15) is 22.8 Å². The van der Waals surface area contributed by atoms with Crippen LogP contribution < -0.4 is 4.74 Å². The summed E-state index contributed by atoms with van der Waals surface area (Å²) in [4.78, 5) is 24.7. The second kappa shape index (κ2) is 7.55. The summed E-state index contributed by atoms with van der Waals surface area (Å²) in [5, 5.41) is 9.03. The fourth-order valence-electron chi connectivity index (χ4n) is 2.74. The third-order valence-electron chi connectivity index (χ3n) is 3.93. The normalized spacial score (nSPS) is 18.3. The predicted octanol–water partition coefficient (Wildman–Crippen LogP) is 2.84. The molecule has 2 rings (SSSR count). The number of aryl methyl sites for hydroxylation is 1. The van der Waals surface area contributed by atoms with Gasteiger partial charge in [-0.25, -0.2) is 0 Å². The molecule has 1 aromatic carbocycles. The lowest BCUT2D eigenvalue weighted by Gasteiger charge is -2.30. The van der Waals surface area contributed by atoms with E-state index in [-0.39, 0.29) is 36.6 Å². The first-order valence-electron chi connectivity index (χ1n) is 7.60. The van der Waals surface area contributed by atoms with E-state index in [0.29, 0.717) is 19.4 Å². The van der Waals surface area contributed by atoms with E-state index < -0.39 is 18.2 Å². The molecule has 1 saturated heterocycles. The molecule has 0 bridgehead atoms. The van der Waals surface area contributed by atoms with Crippen LogP contribution in [0.15, 0.2) is 24.3 Å². The highest BCUT2D eigenvalue weighted by molar-refractivity contribution is 5.78. The van der Waals surface area contributed by atoms with Gasteiger partial charge in [-0.2, -0.15) is 0 Å². The topological polar surface area (TPSA) is 66.8 Å². The fraction of sp³-hybridized carbons (Fsp3) is 0.500. The molecular formula is C16H18F3NO4.